The normalized spacial score (nSPS) is 12.1. The van der Waals surface area contributed by atoms with E-state index in [2.05, 4.69) is 20.4 Å². The molecule has 0 aliphatic carbocycles. The number of halogens is 3. The van der Waals surface area contributed by atoms with Crippen LogP contribution in [0.5, 0.6) is 11.5 Å². The number of aliphatic hydroxyl groups is 1. The number of nitrogens with zero attached hydrogens (tertiary/aromatic N) is 1. The zero-order valence-electron chi connectivity index (χ0n) is 17.7. The van der Waals surface area contributed by atoms with Gasteiger partial charge in [0.15, 0.2) is 17.5 Å². The Morgan fingerprint density at radius 3 is 2.45 bits per heavy atom. The summed E-state index contributed by atoms with van der Waals surface area (Å²) >= 11 is 0. The van der Waals surface area contributed by atoms with Crippen LogP contribution in [0.1, 0.15) is 37.5 Å². The number of rotatable bonds is 11. The van der Waals surface area contributed by atoms with E-state index in [1.165, 1.54) is 6.07 Å². The smallest absolute Gasteiger partial charge is 0.387 e. The fourth-order valence-electron chi connectivity index (χ4n) is 2.79. The second kappa shape index (κ2) is 14.8. The summed E-state index contributed by atoms with van der Waals surface area (Å²) < 4.78 is 34.9. The van der Waals surface area contributed by atoms with Crippen LogP contribution in [0.2, 0.25) is 0 Å². The molecule has 2 rings (SSSR count). The molecule has 0 saturated carbocycles. The molecule has 6 nitrogen and oxygen atoms in total. The number of hydrogen-bond donors (Lipinski definition) is 3. The molecule has 0 fully saturated rings. The van der Waals surface area contributed by atoms with E-state index in [0.29, 0.717) is 38.6 Å². The van der Waals surface area contributed by atoms with Gasteiger partial charge in [-0.15, -0.1) is 24.0 Å². The third-order valence-electron chi connectivity index (χ3n) is 4.18. The van der Waals surface area contributed by atoms with Gasteiger partial charge in [-0.05, 0) is 43.5 Å². The second-order valence-corrected chi connectivity index (χ2v) is 6.43. The van der Waals surface area contributed by atoms with Gasteiger partial charge in [-0.2, -0.15) is 8.78 Å². The summed E-state index contributed by atoms with van der Waals surface area (Å²) in [6.45, 7) is 2.69. The first-order chi connectivity index (χ1) is 14.5. The summed E-state index contributed by atoms with van der Waals surface area (Å²) in [4.78, 5) is 4.51. The molecule has 0 aromatic heterocycles. The van der Waals surface area contributed by atoms with Crippen LogP contribution in [0.25, 0.3) is 0 Å². The SMILES string of the molecule is CCNC(=NCc1ccc(OC(F)F)c(OCC)c1)NCCC(O)c1ccccc1.I. The van der Waals surface area contributed by atoms with Crippen LogP contribution < -0.4 is 20.1 Å². The van der Waals surface area contributed by atoms with Gasteiger partial charge >= 0.3 is 6.61 Å². The van der Waals surface area contributed by atoms with Gasteiger partial charge in [0.1, 0.15) is 0 Å². The number of aliphatic imine (C=N–C) groups is 1. The number of benzene rings is 2. The number of hydrogen-bond acceptors (Lipinski definition) is 4. The lowest BCUT2D eigenvalue weighted by molar-refractivity contribution is -0.0514. The van der Waals surface area contributed by atoms with E-state index in [4.69, 9.17) is 4.74 Å². The van der Waals surface area contributed by atoms with Crippen molar-refractivity contribution in [2.75, 3.05) is 19.7 Å². The Kier molecular flexibility index (Phi) is 12.8. The largest absolute Gasteiger partial charge is 0.490 e. The van der Waals surface area contributed by atoms with Gasteiger partial charge in [-0.25, -0.2) is 4.99 Å². The van der Waals surface area contributed by atoms with Gasteiger partial charge in [-0.1, -0.05) is 36.4 Å². The third kappa shape index (κ3) is 9.69. The monoisotopic (exact) mass is 549 g/mol. The van der Waals surface area contributed by atoms with Gasteiger partial charge in [0, 0.05) is 13.1 Å². The highest BCUT2D eigenvalue weighted by Crippen LogP contribution is 2.30. The van der Waals surface area contributed by atoms with Gasteiger partial charge < -0.3 is 25.2 Å². The predicted molar refractivity (Wildman–Crippen MR) is 128 cm³/mol. The molecule has 172 valence electrons. The lowest BCUT2D eigenvalue weighted by Gasteiger charge is -2.15. The lowest BCUT2D eigenvalue weighted by atomic mass is 10.1. The molecule has 3 N–H and O–H groups in total. The Balaban J connectivity index is 0.00000480. The average Bonchev–Trinajstić information content (AvgIpc) is 2.74. The number of guanidine groups is 1. The van der Waals surface area contributed by atoms with Crippen LogP contribution in [0.3, 0.4) is 0 Å². The molecule has 2 aromatic rings. The summed E-state index contributed by atoms with van der Waals surface area (Å²) in [6.07, 6.45) is -0.0273. The van der Waals surface area contributed by atoms with Gasteiger partial charge in [-0.3, -0.25) is 0 Å². The van der Waals surface area contributed by atoms with Crippen LogP contribution in [0.15, 0.2) is 53.5 Å². The highest BCUT2D eigenvalue weighted by atomic mass is 127. The Morgan fingerprint density at radius 2 is 1.81 bits per heavy atom. The maximum atomic E-state index is 12.5. The van der Waals surface area contributed by atoms with Crippen molar-refractivity contribution in [2.24, 2.45) is 4.99 Å². The Hall–Kier alpha value is -2.14. The Labute approximate surface area is 199 Å². The molecule has 0 spiro atoms. The van der Waals surface area contributed by atoms with Crippen molar-refractivity contribution < 1.29 is 23.4 Å². The first-order valence-corrected chi connectivity index (χ1v) is 9.99. The minimum atomic E-state index is -2.91. The van der Waals surface area contributed by atoms with Crippen molar-refractivity contribution in [3.63, 3.8) is 0 Å². The van der Waals surface area contributed by atoms with E-state index in [1.54, 1.807) is 19.1 Å². The number of ether oxygens (including phenoxy) is 2. The first-order valence-electron chi connectivity index (χ1n) is 9.99. The molecule has 1 atom stereocenters. The molecular formula is C22H30F2IN3O3. The summed E-state index contributed by atoms with van der Waals surface area (Å²) in [7, 11) is 0. The molecule has 0 amide bonds. The molecular weight excluding hydrogens is 519 g/mol. The molecule has 0 aliphatic rings. The summed E-state index contributed by atoms with van der Waals surface area (Å²) in [5.74, 6) is 0.859. The fraction of sp³-hybridized carbons (Fsp3) is 0.409. The Bertz CT molecular complexity index is 795. The van der Waals surface area contributed by atoms with E-state index in [9.17, 15) is 13.9 Å². The second-order valence-electron chi connectivity index (χ2n) is 6.43. The summed E-state index contributed by atoms with van der Waals surface area (Å²) in [5.41, 5.74) is 1.66. The van der Waals surface area contributed by atoms with Crippen molar-refractivity contribution in [3.8, 4) is 11.5 Å². The molecule has 2 aromatic carbocycles. The maximum absolute atomic E-state index is 12.5. The lowest BCUT2D eigenvalue weighted by Crippen LogP contribution is -2.38. The van der Waals surface area contributed by atoms with Crippen molar-refractivity contribution >= 4 is 29.9 Å². The highest BCUT2D eigenvalue weighted by Gasteiger charge is 2.12. The summed E-state index contributed by atoms with van der Waals surface area (Å²) in [6, 6.07) is 14.3. The van der Waals surface area contributed by atoms with E-state index < -0.39 is 12.7 Å². The van der Waals surface area contributed by atoms with Crippen molar-refractivity contribution in [1.82, 2.24) is 10.6 Å². The van der Waals surface area contributed by atoms with E-state index in [0.717, 1.165) is 11.1 Å². The van der Waals surface area contributed by atoms with Crippen molar-refractivity contribution in [3.05, 3.63) is 59.7 Å². The van der Waals surface area contributed by atoms with Gasteiger partial charge in [0.25, 0.3) is 0 Å². The zero-order valence-corrected chi connectivity index (χ0v) is 20.0. The first kappa shape index (κ1) is 26.9. The topological polar surface area (TPSA) is 75.1 Å². The van der Waals surface area contributed by atoms with Crippen LogP contribution in [-0.2, 0) is 6.54 Å². The van der Waals surface area contributed by atoms with Gasteiger partial charge in [0.2, 0.25) is 0 Å². The van der Waals surface area contributed by atoms with Crippen molar-refractivity contribution in [1.29, 1.82) is 0 Å². The van der Waals surface area contributed by atoms with Crippen LogP contribution in [0.4, 0.5) is 8.78 Å². The van der Waals surface area contributed by atoms with E-state index in [1.807, 2.05) is 37.3 Å². The van der Waals surface area contributed by atoms with Crippen LogP contribution in [0, 0.1) is 0 Å². The average molecular weight is 549 g/mol. The molecule has 31 heavy (non-hydrogen) atoms. The molecule has 0 radical (unpaired) electrons. The van der Waals surface area contributed by atoms with Gasteiger partial charge in [0.05, 0.1) is 19.3 Å². The molecule has 0 saturated heterocycles. The highest BCUT2D eigenvalue weighted by molar-refractivity contribution is 14.0. The van der Waals surface area contributed by atoms with Crippen LogP contribution in [-0.4, -0.2) is 37.4 Å². The number of aliphatic hydroxyl groups excluding tert-OH is 1. The standard InChI is InChI=1S/C22H29F2N3O3.HI/c1-3-25-22(26-13-12-18(28)17-8-6-5-7-9-17)27-15-16-10-11-19(30-21(23)24)20(14-16)29-4-2;/h5-11,14,18,21,28H,3-4,12-13,15H2,1-2H3,(H2,25,26,27);1H. The van der Waals surface area contributed by atoms with Crippen LogP contribution >= 0.6 is 24.0 Å². The molecule has 0 heterocycles. The molecule has 0 bridgehead atoms. The van der Waals surface area contributed by atoms with Crippen molar-refractivity contribution in [2.45, 2.75) is 39.5 Å². The zero-order chi connectivity index (χ0) is 21.8. The molecule has 9 heteroatoms. The molecule has 1 unspecified atom stereocenters. The predicted octanol–water partition coefficient (Wildman–Crippen LogP) is 4.48. The maximum Gasteiger partial charge on any atom is 0.387 e. The number of nitrogens with one attached hydrogen (secondary N) is 2. The van der Waals surface area contributed by atoms with E-state index >= 15 is 0 Å². The third-order valence-corrected chi connectivity index (χ3v) is 4.18. The van der Waals surface area contributed by atoms with E-state index in [-0.39, 0.29) is 35.5 Å². The minimum Gasteiger partial charge on any atom is -0.490 e. The minimum absolute atomic E-state index is 0. The summed E-state index contributed by atoms with van der Waals surface area (Å²) in [5, 5.41) is 16.6. The fourth-order valence-corrected chi connectivity index (χ4v) is 2.79. The quantitative estimate of drug-likeness (QED) is 0.219. The molecule has 0 aliphatic heterocycles. The number of alkyl halides is 2. The Morgan fingerprint density at radius 1 is 1.06 bits per heavy atom.